The standard InChI is InChI=1S/C15H40O5Si4.C13H34O5Si3.11CH4/c1-16-13-14-17-12-11-15-24(10,19-22(5,6)7)20-23(8,9)18-21(2,3)4;1-8-10-15-12-19(2,3)17-21(6,7)18-20(4,5)13-16-11-9-14;;;;;;;;;;;/h11-15H2,1-10H3;14H,8-13H2,1-7H3;11*1H4. The molecule has 0 aliphatic heterocycles. The van der Waals surface area contributed by atoms with Gasteiger partial charge in [0, 0.05) is 20.3 Å². The molecular weight excluding hydrogens is 825 g/mol. The van der Waals surface area contributed by atoms with Crippen LogP contribution in [0.1, 0.15) is 101 Å². The minimum atomic E-state index is -2.28. The van der Waals surface area contributed by atoms with Crippen LogP contribution in [-0.4, -0.2) is 123 Å². The molecule has 0 aliphatic carbocycles. The highest BCUT2D eigenvalue weighted by Gasteiger charge is 2.44. The van der Waals surface area contributed by atoms with Crippen molar-refractivity contribution in [2.24, 2.45) is 0 Å². The van der Waals surface area contributed by atoms with Crippen LogP contribution in [0.5, 0.6) is 0 Å². The number of hydrogen-bond donors (Lipinski definition) is 1. The topological polar surface area (TPSA) is 103 Å². The molecule has 0 aromatic heterocycles. The molecule has 0 heterocycles. The van der Waals surface area contributed by atoms with Crippen molar-refractivity contribution >= 4 is 59.0 Å². The van der Waals surface area contributed by atoms with Crippen molar-refractivity contribution in [3.63, 3.8) is 0 Å². The van der Waals surface area contributed by atoms with Crippen LogP contribution >= 0.6 is 0 Å². The zero-order valence-corrected chi connectivity index (χ0v) is 39.4. The summed E-state index contributed by atoms with van der Waals surface area (Å²) in [5.74, 6) is 0. The van der Waals surface area contributed by atoms with Crippen LogP contribution in [0, 0.1) is 0 Å². The quantitative estimate of drug-likeness (QED) is 0.0703. The largest absolute Gasteiger partial charge is 0.437 e. The second-order valence-electron chi connectivity index (χ2n) is 15.7. The molecule has 0 saturated heterocycles. The van der Waals surface area contributed by atoms with Gasteiger partial charge in [-0.05, 0) is 117 Å². The van der Waals surface area contributed by atoms with Crippen molar-refractivity contribution < 1.29 is 44.6 Å². The highest BCUT2D eigenvalue weighted by atomic mass is 28.5. The summed E-state index contributed by atoms with van der Waals surface area (Å²) in [5, 5.41) is 8.78. The van der Waals surface area contributed by atoms with Gasteiger partial charge in [0.05, 0.1) is 38.9 Å². The molecule has 0 aliphatic rings. The van der Waals surface area contributed by atoms with Crippen LogP contribution in [0.2, 0.25) is 104 Å². The van der Waals surface area contributed by atoms with Gasteiger partial charge in [-0.15, -0.1) is 0 Å². The van der Waals surface area contributed by atoms with E-state index in [4.69, 9.17) is 44.6 Å². The molecule has 0 spiro atoms. The van der Waals surface area contributed by atoms with Gasteiger partial charge in [-0.25, -0.2) is 0 Å². The Morgan fingerprint density at radius 3 is 1.12 bits per heavy atom. The lowest BCUT2D eigenvalue weighted by atomic mass is 10.5. The molecule has 0 bridgehead atoms. The first-order valence-electron chi connectivity index (χ1n) is 16.6. The molecule has 1 unspecified atom stereocenters. The Hall–Kier alpha value is 1.12. The van der Waals surface area contributed by atoms with Crippen LogP contribution < -0.4 is 0 Å². The molecule has 0 aromatic rings. The number of aliphatic hydroxyl groups excluding tert-OH is 1. The average Bonchev–Trinajstić information content (AvgIpc) is 2.77. The Morgan fingerprint density at radius 1 is 0.411 bits per heavy atom. The minimum Gasteiger partial charge on any atom is -0.437 e. The van der Waals surface area contributed by atoms with Gasteiger partial charge in [-0.1, -0.05) is 88.6 Å². The Labute approximate surface area is 366 Å². The van der Waals surface area contributed by atoms with Crippen molar-refractivity contribution in [3.8, 4) is 0 Å². The second-order valence-corrected chi connectivity index (χ2v) is 44.2. The predicted molar refractivity (Wildman–Crippen MR) is 279 cm³/mol. The third-order valence-corrected chi connectivity index (χ3v) is 29.1. The molecule has 362 valence electrons. The maximum absolute atomic E-state index is 8.78. The van der Waals surface area contributed by atoms with Crippen molar-refractivity contribution in [1.29, 1.82) is 0 Å². The second kappa shape index (κ2) is 42.8. The summed E-state index contributed by atoms with van der Waals surface area (Å²) in [6.07, 6.45) is 3.28. The smallest absolute Gasteiger partial charge is 0.315 e. The molecule has 56 heavy (non-hydrogen) atoms. The highest BCUT2D eigenvalue weighted by molar-refractivity contribution is 6.89. The fourth-order valence-corrected chi connectivity index (χ4v) is 35.9. The van der Waals surface area contributed by atoms with Gasteiger partial charge in [-0.3, -0.25) is 0 Å². The number of rotatable bonds is 25. The molecule has 0 aromatic carbocycles. The van der Waals surface area contributed by atoms with Gasteiger partial charge in [0.2, 0.25) is 16.6 Å². The minimum absolute atomic E-state index is 0. The van der Waals surface area contributed by atoms with Crippen LogP contribution in [-0.2, 0) is 39.5 Å². The lowest BCUT2D eigenvalue weighted by Crippen LogP contribution is -2.56. The van der Waals surface area contributed by atoms with Gasteiger partial charge < -0.3 is 44.6 Å². The van der Waals surface area contributed by atoms with E-state index in [-0.39, 0.29) is 88.3 Å². The van der Waals surface area contributed by atoms with E-state index in [1.807, 2.05) is 0 Å². The maximum atomic E-state index is 8.78. The fourth-order valence-electron chi connectivity index (χ4n) is 5.04. The van der Waals surface area contributed by atoms with Crippen molar-refractivity contribution in [2.45, 2.75) is 206 Å². The lowest BCUT2D eigenvalue weighted by Gasteiger charge is -2.41. The molecular formula is C39H118O10Si7. The fraction of sp³-hybridized carbons (Fsp3) is 1.00. The van der Waals surface area contributed by atoms with E-state index < -0.39 is 59.0 Å². The van der Waals surface area contributed by atoms with Crippen LogP contribution in [0.3, 0.4) is 0 Å². The van der Waals surface area contributed by atoms with Gasteiger partial charge >= 0.3 is 25.7 Å². The average molecular weight is 944 g/mol. The van der Waals surface area contributed by atoms with Gasteiger partial charge in [0.25, 0.3) is 0 Å². The molecule has 17 heteroatoms. The van der Waals surface area contributed by atoms with Gasteiger partial charge in [-0.2, -0.15) is 0 Å². The third-order valence-electron chi connectivity index (χ3n) is 5.41. The number of aliphatic hydroxyl groups is 1. The summed E-state index contributed by atoms with van der Waals surface area (Å²) in [7, 11) is -12.1. The van der Waals surface area contributed by atoms with Crippen LogP contribution in [0.25, 0.3) is 0 Å². The first kappa shape index (κ1) is 92.4. The molecule has 1 N–H and O–H groups in total. The van der Waals surface area contributed by atoms with E-state index in [0.717, 1.165) is 32.1 Å². The number of hydrogen-bond acceptors (Lipinski definition) is 10. The molecule has 0 saturated carbocycles. The molecule has 1 atom stereocenters. The van der Waals surface area contributed by atoms with E-state index in [9.17, 15) is 0 Å². The summed E-state index contributed by atoms with van der Waals surface area (Å²) >= 11 is 0. The van der Waals surface area contributed by atoms with E-state index in [2.05, 4.69) is 105 Å². The zero-order valence-electron chi connectivity index (χ0n) is 32.4. The third kappa shape index (κ3) is 59.4. The summed E-state index contributed by atoms with van der Waals surface area (Å²) in [6.45, 7) is 38.0. The SMILES string of the molecule is C.C.C.C.C.C.C.C.C.C.C.CCCOC[Si](C)(C)O[Si](C)(C)O[Si](C)(C)COCCO.COCCOCCC[Si](C)(O[Si](C)(C)C)O[Si](C)(C)O[Si](C)(C)C. The van der Waals surface area contributed by atoms with Crippen molar-refractivity contribution in [3.05, 3.63) is 0 Å². The molecule has 0 fully saturated rings. The Morgan fingerprint density at radius 2 is 0.786 bits per heavy atom. The van der Waals surface area contributed by atoms with E-state index in [1.54, 1.807) is 7.11 Å². The van der Waals surface area contributed by atoms with Crippen LogP contribution in [0.15, 0.2) is 0 Å². The summed E-state index contributed by atoms with van der Waals surface area (Å²) in [6, 6.07) is 0.940. The first-order valence-corrected chi connectivity index (χ1v) is 37.8. The number of ether oxygens (including phenoxy) is 4. The van der Waals surface area contributed by atoms with Crippen LogP contribution in [0.4, 0.5) is 0 Å². The monoisotopic (exact) mass is 943 g/mol. The van der Waals surface area contributed by atoms with Crippen molar-refractivity contribution in [2.75, 3.05) is 59.2 Å². The number of methoxy groups -OCH3 is 1. The lowest BCUT2D eigenvalue weighted by molar-refractivity contribution is 0.0703. The summed E-state index contributed by atoms with van der Waals surface area (Å²) < 4.78 is 54.0. The molecule has 0 amide bonds. The summed E-state index contributed by atoms with van der Waals surface area (Å²) in [5.41, 5.74) is 0. The van der Waals surface area contributed by atoms with E-state index in [1.165, 1.54) is 0 Å². The predicted octanol–water partition coefficient (Wildman–Crippen LogP) is 14.2. The van der Waals surface area contributed by atoms with E-state index >= 15 is 0 Å². The normalized spacial score (nSPS) is 12.1. The molecule has 10 nitrogen and oxygen atoms in total. The van der Waals surface area contributed by atoms with E-state index in [0.29, 0.717) is 32.3 Å². The Balaban J connectivity index is -0.0000000504. The summed E-state index contributed by atoms with van der Waals surface area (Å²) in [4.78, 5) is 0. The van der Waals surface area contributed by atoms with Crippen molar-refractivity contribution in [1.82, 2.24) is 0 Å². The maximum Gasteiger partial charge on any atom is 0.315 e. The molecule has 0 radical (unpaired) electrons. The first-order chi connectivity index (χ1) is 20.2. The highest BCUT2D eigenvalue weighted by Crippen LogP contribution is 2.28. The Kier molecular flexibility index (Phi) is 70.6. The van der Waals surface area contributed by atoms with Gasteiger partial charge in [0.1, 0.15) is 0 Å². The molecule has 0 rings (SSSR count). The van der Waals surface area contributed by atoms with Gasteiger partial charge in [0.15, 0.2) is 16.6 Å². The zero-order chi connectivity index (χ0) is 35.6. The Bertz CT molecular complexity index is 744.